The first-order valence-electron chi connectivity index (χ1n) is 5.15. The van der Waals surface area contributed by atoms with Crippen LogP contribution in [0.2, 0.25) is 0 Å². The summed E-state index contributed by atoms with van der Waals surface area (Å²) in [4.78, 5) is 4.37. The second kappa shape index (κ2) is 9.90. The lowest BCUT2D eigenvalue weighted by Gasteiger charge is -2.06. The Morgan fingerprint density at radius 2 is 1.92 bits per heavy atom. The Morgan fingerprint density at radius 3 is 2.46 bits per heavy atom. The molecule has 0 aliphatic carbocycles. The molecule has 0 atom stereocenters. The maximum Gasteiger partial charge on any atom is 0.245 e. The van der Waals surface area contributed by atoms with Crippen LogP contribution in [0.5, 0.6) is 0 Å². The lowest BCUT2D eigenvalue weighted by molar-refractivity contribution is 0.313. The van der Waals surface area contributed by atoms with E-state index in [1.54, 1.807) is 11.8 Å². The number of ether oxygens (including phenoxy) is 1. The fourth-order valence-electron chi connectivity index (χ4n) is 0.715. The molecular weight excluding hydrogens is 182 g/mol. The molecular formula is C10H21NOS. The fourth-order valence-corrected chi connectivity index (χ4v) is 1.44. The van der Waals surface area contributed by atoms with E-state index in [2.05, 4.69) is 25.8 Å². The van der Waals surface area contributed by atoms with E-state index in [1.807, 2.05) is 0 Å². The van der Waals surface area contributed by atoms with Crippen LogP contribution in [0.4, 0.5) is 0 Å². The average molecular weight is 203 g/mol. The molecule has 0 spiro atoms. The molecule has 13 heavy (non-hydrogen) atoms. The molecule has 0 aromatic carbocycles. The van der Waals surface area contributed by atoms with Crippen molar-refractivity contribution >= 4 is 17.0 Å². The summed E-state index contributed by atoms with van der Waals surface area (Å²) < 4.78 is 5.51. The van der Waals surface area contributed by atoms with E-state index < -0.39 is 0 Å². The highest BCUT2D eigenvalue weighted by molar-refractivity contribution is 8.13. The van der Waals surface area contributed by atoms with Crippen molar-refractivity contribution in [2.45, 2.75) is 40.0 Å². The van der Waals surface area contributed by atoms with Crippen molar-refractivity contribution in [3.63, 3.8) is 0 Å². The summed E-state index contributed by atoms with van der Waals surface area (Å²) in [6, 6.07) is 0. The highest BCUT2D eigenvalue weighted by Crippen LogP contribution is 2.08. The van der Waals surface area contributed by atoms with Crippen LogP contribution < -0.4 is 0 Å². The van der Waals surface area contributed by atoms with Gasteiger partial charge in [0.15, 0.2) is 0 Å². The standard InChI is InChI=1S/C10H21NOS/c1-4-7-11-10(12-8-5-2)13-9-6-3/h4-9H2,1-3H3/b11-10-. The Labute approximate surface area is 86.2 Å². The SMILES string of the molecule is CCC/N=C(/OCCC)SCCC. The molecule has 78 valence electrons. The van der Waals surface area contributed by atoms with Gasteiger partial charge in [0.05, 0.1) is 6.61 Å². The summed E-state index contributed by atoms with van der Waals surface area (Å²) in [5.41, 5.74) is 0. The predicted molar refractivity (Wildman–Crippen MR) is 61.6 cm³/mol. The Kier molecular flexibility index (Phi) is 9.77. The Hall–Kier alpha value is -0.180. The Balaban J connectivity index is 3.72. The summed E-state index contributed by atoms with van der Waals surface area (Å²) in [7, 11) is 0. The second-order valence-corrected chi connectivity index (χ2v) is 3.89. The van der Waals surface area contributed by atoms with Crippen molar-refractivity contribution in [1.82, 2.24) is 0 Å². The van der Waals surface area contributed by atoms with E-state index in [1.165, 1.54) is 6.42 Å². The molecule has 0 fully saturated rings. The number of hydrogen-bond donors (Lipinski definition) is 0. The van der Waals surface area contributed by atoms with Crippen LogP contribution in [-0.4, -0.2) is 24.1 Å². The fraction of sp³-hybridized carbons (Fsp3) is 0.900. The van der Waals surface area contributed by atoms with E-state index in [4.69, 9.17) is 4.74 Å². The second-order valence-electron chi connectivity index (χ2n) is 2.84. The quantitative estimate of drug-likeness (QED) is 0.488. The Bertz CT molecular complexity index is 127. The third-order valence-electron chi connectivity index (χ3n) is 1.32. The van der Waals surface area contributed by atoms with Crippen LogP contribution in [0.3, 0.4) is 0 Å². The van der Waals surface area contributed by atoms with Gasteiger partial charge in [0.2, 0.25) is 5.23 Å². The third kappa shape index (κ3) is 8.16. The number of rotatable bonds is 6. The highest BCUT2D eigenvalue weighted by Gasteiger charge is 1.99. The number of aliphatic imine (C=N–C) groups is 1. The predicted octanol–water partition coefficient (Wildman–Crippen LogP) is 3.32. The summed E-state index contributed by atoms with van der Waals surface area (Å²) in [6.07, 6.45) is 3.31. The normalized spacial score (nSPS) is 11.8. The van der Waals surface area contributed by atoms with Crippen LogP contribution in [0, 0.1) is 0 Å². The van der Waals surface area contributed by atoms with E-state index in [0.717, 1.165) is 37.0 Å². The molecule has 0 aliphatic rings. The van der Waals surface area contributed by atoms with Crippen LogP contribution in [0.1, 0.15) is 40.0 Å². The average Bonchev–Trinajstić information content (AvgIpc) is 2.17. The minimum atomic E-state index is 0.791. The monoisotopic (exact) mass is 203 g/mol. The first-order valence-corrected chi connectivity index (χ1v) is 6.13. The van der Waals surface area contributed by atoms with E-state index in [-0.39, 0.29) is 0 Å². The van der Waals surface area contributed by atoms with Gasteiger partial charge in [-0.05, 0) is 19.3 Å². The lowest BCUT2D eigenvalue weighted by Crippen LogP contribution is -2.03. The van der Waals surface area contributed by atoms with Crippen LogP contribution in [-0.2, 0) is 4.74 Å². The zero-order valence-electron chi connectivity index (χ0n) is 9.01. The molecule has 0 heterocycles. The third-order valence-corrected chi connectivity index (χ3v) is 2.43. The van der Waals surface area contributed by atoms with Crippen LogP contribution in [0.25, 0.3) is 0 Å². The summed E-state index contributed by atoms with van der Waals surface area (Å²) in [5.74, 6) is 1.10. The van der Waals surface area contributed by atoms with Crippen LogP contribution >= 0.6 is 11.8 Å². The van der Waals surface area contributed by atoms with Crippen molar-refractivity contribution in [2.24, 2.45) is 4.99 Å². The molecule has 0 bridgehead atoms. The molecule has 0 radical (unpaired) electrons. The molecule has 2 nitrogen and oxygen atoms in total. The molecule has 0 aromatic rings. The number of nitrogens with zero attached hydrogens (tertiary/aromatic N) is 1. The molecule has 0 aliphatic heterocycles. The van der Waals surface area contributed by atoms with E-state index in [0.29, 0.717) is 0 Å². The summed E-state index contributed by atoms with van der Waals surface area (Å²) >= 11 is 1.73. The van der Waals surface area contributed by atoms with Crippen molar-refractivity contribution in [2.75, 3.05) is 18.9 Å². The molecule has 0 saturated heterocycles. The van der Waals surface area contributed by atoms with Gasteiger partial charge in [-0.3, -0.25) is 0 Å². The van der Waals surface area contributed by atoms with Gasteiger partial charge >= 0.3 is 0 Å². The molecule has 0 saturated carbocycles. The van der Waals surface area contributed by atoms with Gasteiger partial charge in [-0.25, -0.2) is 4.99 Å². The summed E-state index contributed by atoms with van der Waals surface area (Å²) in [6.45, 7) is 8.09. The minimum absolute atomic E-state index is 0.791. The zero-order valence-corrected chi connectivity index (χ0v) is 9.82. The lowest BCUT2D eigenvalue weighted by atomic mass is 10.5. The van der Waals surface area contributed by atoms with Gasteiger partial charge in [-0.15, -0.1) is 0 Å². The molecule has 0 N–H and O–H groups in total. The van der Waals surface area contributed by atoms with E-state index >= 15 is 0 Å². The largest absolute Gasteiger partial charge is 0.473 e. The van der Waals surface area contributed by atoms with Crippen molar-refractivity contribution in [3.8, 4) is 0 Å². The molecule has 0 rings (SSSR count). The number of thioether (sulfide) groups is 1. The van der Waals surface area contributed by atoms with Gasteiger partial charge in [-0.2, -0.15) is 0 Å². The van der Waals surface area contributed by atoms with Crippen molar-refractivity contribution in [1.29, 1.82) is 0 Å². The van der Waals surface area contributed by atoms with Gasteiger partial charge < -0.3 is 4.74 Å². The molecule has 0 amide bonds. The number of hydrogen-bond acceptors (Lipinski definition) is 3. The minimum Gasteiger partial charge on any atom is -0.473 e. The topological polar surface area (TPSA) is 21.6 Å². The van der Waals surface area contributed by atoms with Gasteiger partial charge in [0.25, 0.3) is 0 Å². The van der Waals surface area contributed by atoms with Crippen molar-refractivity contribution < 1.29 is 4.74 Å². The highest BCUT2D eigenvalue weighted by atomic mass is 32.2. The van der Waals surface area contributed by atoms with Gasteiger partial charge in [0.1, 0.15) is 0 Å². The maximum atomic E-state index is 5.51. The Morgan fingerprint density at radius 1 is 1.15 bits per heavy atom. The molecule has 0 unspecified atom stereocenters. The van der Waals surface area contributed by atoms with Crippen LogP contribution in [0.15, 0.2) is 4.99 Å². The molecule has 0 aromatic heterocycles. The van der Waals surface area contributed by atoms with Gasteiger partial charge in [0, 0.05) is 12.3 Å². The van der Waals surface area contributed by atoms with E-state index in [9.17, 15) is 0 Å². The zero-order chi connectivity index (χ0) is 9.94. The van der Waals surface area contributed by atoms with Gasteiger partial charge in [-0.1, -0.05) is 32.5 Å². The maximum absolute atomic E-state index is 5.51. The van der Waals surface area contributed by atoms with Crippen molar-refractivity contribution in [3.05, 3.63) is 0 Å². The smallest absolute Gasteiger partial charge is 0.245 e. The first-order chi connectivity index (χ1) is 6.35. The summed E-state index contributed by atoms with van der Waals surface area (Å²) in [5, 5.41) is 0.880. The molecule has 3 heteroatoms. The first kappa shape index (κ1) is 12.8.